The first-order valence-electron chi connectivity index (χ1n) is 6.84. The lowest BCUT2D eigenvalue weighted by Gasteiger charge is -2.08. The van der Waals surface area contributed by atoms with Crippen LogP contribution in [-0.4, -0.2) is 16.7 Å². The maximum absolute atomic E-state index is 12.4. The topological polar surface area (TPSA) is 62.0 Å². The van der Waals surface area contributed by atoms with Crippen molar-refractivity contribution in [3.8, 4) is 0 Å². The van der Waals surface area contributed by atoms with Gasteiger partial charge in [-0.05, 0) is 48.9 Å². The number of hydrogen-bond donors (Lipinski definition) is 2. The number of rotatable bonds is 3. The number of hydrogen-bond acceptors (Lipinski definition) is 2. The quantitative estimate of drug-likeness (QED) is 0.501. The Balaban J connectivity index is 1.89. The van der Waals surface area contributed by atoms with Crippen LogP contribution in [0.2, 0.25) is 5.02 Å². The molecule has 0 bridgehead atoms. The Morgan fingerprint density at radius 2 is 1.96 bits per heavy atom. The van der Waals surface area contributed by atoms with Crippen LogP contribution in [0.4, 0.5) is 5.69 Å². The molecule has 0 spiro atoms. The molecule has 0 radical (unpaired) electrons. The smallest absolute Gasteiger partial charge is 0.296 e. The van der Waals surface area contributed by atoms with E-state index in [1.807, 2.05) is 13.0 Å². The summed E-state index contributed by atoms with van der Waals surface area (Å²) in [6.07, 6.45) is 1.53. The van der Waals surface area contributed by atoms with E-state index in [0.717, 1.165) is 15.6 Å². The minimum absolute atomic E-state index is 0.301. The van der Waals surface area contributed by atoms with E-state index >= 15 is 0 Å². The first-order valence-corrected chi connectivity index (χ1v) is 8.01. The molecule has 23 heavy (non-hydrogen) atoms. The first kappa shape index (κ1) is 15.8. The Bertz CT molecular complexity index is 933. The van der Waals surface area contributed by atoms with Crippen LogP contribution in [0, 0.1) is 6.92 Å². The van der Waals surface area contributed by atoms with Crippen molar-refractivity contribution < 1.29 is 9.59 Å². The summed E-state index contributed by atoms with van der Waals surface area (Å²) in [7, 11) is 0. The highest BCUT2D eigenvalue weighted by Crippen LogP contribution is 2.24. The molecule has 0 unspecified atom stereocenters. The molecule has 116 valence electrons. The van der Waals surface area contributed by atoms with Crippen LogP contribution >= 0.6 is 27.5 Å². The van der Waals surface area contributed by atoms with Crippen molar-refractivity contribution in [2.24, 2.45) is 0 Å². The Morgan fingerprint density at radius 1 is 1.17 bits per heavy atom. The van der Waals surface area contributed by atoms with E-state index in [-0.39, 0.29) is 0 Å². The molecule has 0 fully saturated rings. The number of carbonyl (C=O) groups is 2. The number of H-pyrrole nitrogens is 1. The summed E-state index contributed by atoms with van der Waals surface area (Å²) in [6, 6.07) is 10.6. The lowest BCUT2D eigenvalue weighted by Crippen LogP contribution is -2.23. The average Bonchev–Trinajstić information content (AvgIpc) is 2.92. The van der Waals surface area contributed by atoms with E-state index < -0.39 is 11.7 Å². The van der Waals surface area contributed by atoms with Crippen molar-refractivity contribution in [3.05, 3.63) is 63.2 Å². The highest BCUT2D eigenvalue weighted by molar-refractivity contribution is 9.10. The summed E-state index contributed by atoms with van der Waals surface area (Å²) < 4.78 is 0.908. The number of aromatic amines is 1. The van der Waals surface area contributed by atoms with Gasteiger partial charge < -0.3 is 10.3 Å². The van der Waals surface area contributed by atoms with Crippen molar-refractivity contribution in [2.45, 2.75) is 6.92 Å². The van der Waals surface area contributed by atoms with Gasteiger partial charge in [0, 0.05) is 32.3 Å². The molecule has 2 N–H and O–H groups in total. The molecule has 1 amide bonds. The van der Waals surface area contributed by atoms with Crippen LogP contribution < -0.4 is 5.32 Å². The monoisotopic (exact) mass is 390 g/mol. The van der Waals surface area contributed by atoms with Gasteiger partial charge in [0.15, 0.2) is 0 Å². The van der Waals surface area contributed by atoms with Gasteiger partial charge in [-0.15, -0.1) is 0 Å². The number of anilines is 1. The summed E-state index contributed by atoms with van der Waals surface area (Å²) in [6.45, 7) is 1.86. The lowest BCUT2D eigenvalue weighted by atomic mass is 10.1. The molecule has 0 saturated heterocycles. The third-order valence-corrected chi connectivity index (χ3v) is 4.26. The van der Waals surface area contributed by atoms with E-state index in [4.69, 9.17) is 11.6 Å². The van der Waals surface area contributed by atoms with Crippen LogP contribution in [-0.2, 0) is 4.79 Å². The van der Waals surface area contributed by atoms with E-state index in [2.05, 4.69) is 26.2 Å². The Hall–Kier alpha value is -2.11. The van der Waals surface area contributed by atoms with Gasteiger partial charge in [-0.1, -0.05) is 27.5 Å². The van der Waals surface area contributed by atoms with Crippen molar-refractivity contribution in [2.75, 3.05) is 5.32 Å². The van der Waals surface area contributed by atoms with E-state index in [1.165, 1.54) is 6.20 Å². The summed E-state index contributed by atoms with van der Waals surface area (Å²) in [5.41, 5.74) is 2.52. The number of aromatic nitrogens is 1. The van der Waals surface area contributed by atoms with Crippen LogP contribution in [0.1, 0.15) is 15.9 Å². The SMILES string of the molecule is Cc1cc(Br)ccc1NC(=O)C(=O)c1c[nH]c2ccc(Cl)cc12. The minimum atomic E-state index is -0.684. The fourth-order valence-electron chi connectivity index (χ4n) is 2.35. The standard InChI is InChI=1S/C17H12BrClN2O2/c1-9-6-10(18)2-4-14(9)21-17(23)16(22)13-8-20-15-5-3-11(19)7-12(13)15/h2-8,20H,1H3,(H,21,23). The number of Topliss-reactive ketones (excluding diaryl/α,β-unsaturated/α-hetero) is 1. The second-order valence-electron chi connectivity index (χ2n) is 5.13. The third-order valence-electron chi connectivity index (χ3n) is 3.53. The number of ketones is 1. The van der Waals surface area contributed by atoms with Gasteiger partial charge in [-0.2, -0.15) is 0 Å². The molecule has 3 aromatic rings. The van der Waals surface area contributed by atoms with Crippen LogP contribution in [0.3, 0.4) is 0 Å². The zero-order valence-corrected chi connectivity index (χ0v) is 14.5. The summed E-state index contributed by atoms with van der Waals surface area (Å²) in [5, 5.41) is 3.79. The minimum Gasteiger partial charge on any atom is -0.360 e. The highest BCUT2D eigenvalue weighted by atomic mass is 79.9. The predicted octanol–water partition coefficient (Wildman–Crippen LogP) is 4.71. The van der Waals surface area contributed by atoms with Crippen LogP contribution in [0.5, 0.6) is 0 Å². The molecule has 0 saturated carbocycles. The average molecular weight is 392 g/mol. The number of carbonyl (C=O) groups excluding carboxylic acids is 2. The van der Waals surface area contributed by atoms with Gasteiger partial charge in [0.2, 0.25) is 0 Å². The molecule has 0 aliphatic rings. The zero-order chi connectivity index (χ0) is 16.6. The molecule has 0 aliphatic heterocycles. The van der Waals surface area contributed by atoms with Crippen molar-refractivity contribution in [1.29, 1.82) is 0 Å². The molecular weight excluding hydrogens is 380 g/mol. The lowest BCUT2D eigenvalue weighted by molar-refractivity contribution is -0.112. The van der Waals surface area contributed by atoms with Crippen molar-refractivity contribution in [3.63, 3.8) is 0 Å². The van der Waals surface area contributed by atoms with Gasteiger partial charge in [0.05, 0.1) is 5.56 Å². The molecule has 2 aromatic carbocycles. The van der Waals surface area contributed by atoms with Crippen molar-refractivity contribution in [1.82, 2.24) is 4.98 Å². The maximum Gasteiger partial charge on any atom is 0.296 e. The number of nitrogens with one attached hydrogen (secondary N) is 2. The molecule has 0 aliphatic carbocycles. The number of amides is 1. The van der Waals surface area contributed by atoms with Gasteiger partial charge in [-0.3, -0.25) is 9.59 Å². The van der Waals surface area contributed by atoms with E-state index in [9.17, 15) is 9.59 Å². The largest absolute Gasteiger partial charge is 0.360 e. The Labute approximate surface area is 146 Å². The maximum atomic E-state index is 12.4. The second-order valence-corrected chi connectivity index (χ2v) is 6.49. The normalized spacial score (nSPS) is 10.7. The summed E-state index contributed by atoms with van der Waals surface area (Å²) in [5.74, 6) is -1.29. The molecule has 1 heterocycles. The van der Waals surface area contributed by atoms with Crippen LogP contribution in [0.15, 0.2) is 47.1 Å². The van der Waals surface area contributed by atoms with E-state index in [0.29, 0.717) is 21.7 Å². The number of halogens is 2. The fraction of sp³-hybridized carbons (Fsp3) is 0.0588. The Morgan fingerprint density at radius 3 is 2.70 bits per heavy atom. The molecular formula is C17H12BrClN2O2. The van der Waals surface area contributed by atoms with E-state index in [1.54, 1.807) is 30.3 Å². The van der Waals surface area contributed by atoms with Gasteiger partial charge in [-0.25, -0.2) is 0 Å². The molecule has 0 atom stereocenters. The summed E-state index contributed by atoms with van der Waals surface area (Å²) in [4.78, 5) is 27.7. The highest BCUT2D eigenvalue weighted by Gasteiger charge is 2.20. The van der Waals surface area contributed by atoms with Gasteiger partial charge in [0.1, 0.15) is 0 Å². The molecule has 1 aromatic heterocycles. The predicted molar refractivity (Wildman–Crippen MR) is 95.1 cm³/mol. The molecule has 6 heteroatoms. The van der Waals surface area contributed by atoms with Crippen molar-refractivity contribution >= 4 is 55.8 Å². The van der Waals surface area contributed by atoms with Crippen LogP contribution in [0.25, 0.3) is 10.9 Å². The fourth-order valence-corrected chi connectivity index (χ4v) is 3.00. The van der Waals surface area contributed by atoms with Gasteiger partial charge >= 0.3 is 0 Å². The van der Waals surface area contributed by atoms with Gasteiger partial charge in [0.25, 0.3) is 11.7 Å². The second kappa shape index (κ2) is 6.18. The Kier molecular flexibility index (Phi) is 4.24. The molecule has 4 nitrogen and oxygen atoms in total. The number of aryl methyl sites for hydroxylation is 1. The first-order chi connectivity index (χ1) is 11.0. The zero-order valence-electron chi connectivity index (χ0n) is 12.1. The third kappa shape index (κ3) is 3.16. The summed E-state index contributed by atoms with van der Waals surface area (Å²) >= 11 is 9.33. The number of benzene rings is 2. The molecule has 3 rings (SSSR count). The number of fused-ring (bicyclic) bond motifs is 1.